The number of β-amino-alcohol motifs (C(OH)–C–C–N with tert-alkyl or cyclic N) is 1. The number of carbonyl (C=O) groups excluding carboxylic acids is 2. The van der Waals surface area contributed by atoms with Crippen LogP contribution in [0.1, 0.15) is 42.5 Å². The second kappa shape index (κ2) is 7.88. The zero-order chi connectivity index (χ0) is 22.3. The molecule has 1 aromatic heterocycles. The zero-order valence-corrected chi connectivity index (χ0v) is 18.1. The Morgan fingerprint density at radius 3 is 2.48 bits per heavy atom. The molecular weight excluding hydrogens is 400 g/mol. The molecule has 2 aliphatic rings. The van der Waals surface area contributed by atoms with E-state index in [4.69, 9.17) is 4.74 Å². The molecule has 2 aromatic rings. The maximum atomic E-state index is 13.5. The Hall–Kier alpha value is -3.07. The van der Waals surface area contributed by atoms with Gasteiger partial charge in [-0.15, -0.1) is 0 Å². The van der Waals surface area contributed by atoms with Crippen LogP contribution in [-0.2, 0) is 30.9 Å². The Labute approximate surface area is 180 Å². The van der Waals surface area contributed by atoms with Crippen molar-refractivity contribution in [1.29, 1.82) is 0 Å². The monoisotopic (exact) mass is 428 g/mol. The summed E-state index contributed by atoms with van der Waals surface area (Å²) < 4.78 is 8.36. The highest BCUT2D eigenvalue weighted by atomic mass is 16.6. The molecule has 0 fully saturated rings. The summed E-state index contributed by atoms with van der Waals surface area (Å²) in [6.45, 7) is 6.57. The normalized spacial score (nSPS) is 19.0. The predicted molar refractivity (Wildman–Crippen MR) is 113 cm³/mol. The van der Waals surface area contributed by atoms with Crippen molar-refractivity contribution in [1.82, 2.24) is 18.9 Å². The summed E-state index contributed by atoms with van der Waals surface area (Å²) in [5, 5.41) is 10.5. The summed E-state index contributed by atoms with van der Waals surface area (Å²) in [5.74, 6) is -0.322. The van der Waals surface area contributed by atoms with Gasteiger partial charge in [0.25, 0.3) is 5.91 Å². The van der Waals surface area contributed by atoms with Crippen LogP contribution in [0.3, 0.4) is 0 Å². The van der Waals surface area contributed by atoms with Crippen molar-refractivity contribution in [3.05, 3.63) is 57.8 Å². The molecule has 0 saturated carbocycles. The SMILES string of the molecule is CC(C)(C)OC(=O)N1CCn2c(c3n(c2=O)CC(O)CN(Cc2ccccc2)C3=O)C1. The molecule has 0 saturated heterocycles. The van der Waals surface area contributed by atoms with Gasteiger partial charge in [-0.25, -0.2) is 9.59 Å². The van der Waals surface area contributed by atoms with E-state index in [-0.39, 0.29) is 43.5 Å². The third-order valence-corrected chi connectivity index (χ3v) is 5.45. The van der Waals surface area contributed by atoms with Crippen LogP contribution < -0.4 is 5.69 Å². The fourth-order valence-corrected chi connectivity index (χ4v) is 4.10. The minimum Gasteiger partial charge on any atom is -0.444 e. The molecule has 166 valence electrons. The topological polar surface area (TPSA) is 97.0 Å². The van der Waals surface area contributed by atoms with Crippen molar-refractivity contribution in [3.63, 3.8) is 0 Å². The lowest BCUT2D eigenvalue weighted by molar-refractivity contribution is 0.0195. The van der Waals surface area contributed by atoms with Crippen molar-refractivity contribution >= 4 is 12.0 Å². The number of amides is 2. The van der Waals surface area contributed by atoms with Gasteiger partial charge < -0.3 is 19.6 Å². The Balaban J connectivity index is 1.68. The molecule has 1 aromatic carbocycles. The molecule has 9 nitrogen and oxygen atoms in total. The van der Waals surface area contributed by atoms with E-state index in [1.807, 2.05) is 30.3 Å². The number of ether oxygens (including phenoxy) is 1. The van der Waals surface area contributed by atoms with Gasteiger partial charge >= 0.3 is 11.8 Å². The average Bonchev–Trinajstić information content (AvgIpc) is 2.90. The first-order valence-electron chi connectivity index (χ1n) is 10.5. The number of imidazole rings is 1. The van der Waals surface area contributed by atoms with Crippen LogP contribution in [0.25, 0.3) is 0 Å². The van der Waals surface area contributed by atoms with E-state index < -0.39 is 17.8 Å². The summed E-state index contributed by atoms with van der Waals surface area (Å²) in [7, 11) is 0. The van der Waals surface area contributed by atoms with Gasteiger partial charge in [0.05, 0.1) is 24.9 Å². The number of rotatable bonds is 2. The maximum absolute atomic E-state index is 13.5. The van der Waals surface area contributed by atoms with E-state index in [9.17, 15) is 19.5 Å². The number of hydrogen-bond donors (Lipinski definition) is 1. The van der Waals surface area contributed by atoms with Crippen LogP contribution in [-0.4, -0.2) is 60.8 Å². The molecule has 2 aliphatic heterocycles. The lowest BCUT2D eigenvalue weighted by Gasteiger charge is -2.31. The number of carbonyl (C=O) groups is 2. The fraction of sp³-hybridized carbons (Fsp3) is 0.500. The summed E-state index contributed by atoms with van der Waals surface area (Å²) >= 11 is 0. The van der Waals surface area contributed by atoms with Crippen molar-refractivity contribution in [3.8, 4) is 0 Å². The number of aromatic nitrogens is 2. The second-order valence-corrected chi connectivity index (χ2v) is 9.07. The zero-order valence-electron chi connectivity index (χ0n) is 18.1. The second-order valence-electron chi connectivity index (χ2n) is 9.07. The highest BCUT2D eigenvalue weighted by Crippen LogP contribution is 2.23. The van der Waals surface area contributed by atoms with Crippen LogP contribution in [0, 0.1) is 0 Å². The largest absolute Gasteiger partial charge is 0.444 e. The van der Waals surface area contributed by atoms with E-state index in [2.05, 4.69) is 0 Å². The van der Waals surface area contributed by atoms with E-state index >= 15 is 0 Å². The van der Waals surface area contributed by atoms with E-state index in [1.165, 1.54) is 14.0 Å². The van der Waals surface area contributed by atoms with Crippen molar-refractivity contribution in [2.75, 3.05) is 13.1 Å². The van der Waals surface area contributed by atoms with Gasteiger partial charge in [-0.3, -0.25) is 13.9 Å². The van der Waals surface area contributed by atoms with Crippen molar-refractivity contribution in [2.45, 2.75) is 58.7 Å². The third-order valence-electron chi connectivity index (χ3n) is 5.45. The quantitative estimate of drug-likeness (QED) is 0.780. The number of nitrogens with zero attached hydrogens (tertiary/aromatic N) is 4. The number of aliphatic hydroxyl groups is 1. The number of aliphatic hydroxyl groups excluding tert-OH is 1. The van der Waals surface area contributed by atoms with E-state index in [0.717, 1.165) is 5.56 Å². The highest BCUT2D eigenvalue weighted by Gasteiger charge is 2.37. The molecule has 1 N–H and O–H groups in total. The molecule has 1 atom stereocenters. The molecule has 31 heavy (non-hydrogen) atoms. The molecule has 1 unspecified atom stereocenters. The van der Waals surface area contributed by atoms with Crippen LogP contribution in [0.4, 0.5) is 4.79 Å². The molecule has 0 radical (unpaired) electrons. The molecule has 9 heteroatoms. The minimum absolute atomic E-state index is 0.0393. The lowest BCUT2D eigenvalue weighted by Crippen LogP contribution is -2.44. The fourth-order valence-electron chi connectivity index (χ4n) is 4.10. The average molecular weight is 428 g/mol. The van der Waals surface area contributed by atoms with Gasteiger partial charge in [-0.2, -0.15) is 0 Å². The molecule has 4 rings (SSSR count). The van der Waals surface area contributed by atoms with Gasteiger partial charge in [-0.1, -0.05) is 30.3 Å². The summed E-state index contributed by atoms with van der Waals surface area (Å²) in [6, 6.07) is 9.51. The van der Waals surface area contributed by atoms with Crippen LogP contribution in [0.5, 0.6) is 0 Å². The third kappa shape index (κ3) is 4.23. The maximum Gasteiger partial charge on any atom is 0.410 e. The van der Waals surface area contributed by atoms with Gasteiger partial charge in [0.15, 0.2) is 0 Å². The number of benzene rings is 1. The van der Waals surface area contributed by atoms with E-state index in [0.29, 0.717) is 18.8 Å². The molecule has 0 bridgehead atoms. The first kappa shape index (κ1) is 21.2. The van der Waals surface area contributed by atoms with Crippen LogP contribution in [0.15, 0.2) is 35.1 Å². The predicted octanol–water partition coefficient (Wildman–Crippen LogP) is 1.42. The highest BCUT2D eigenvalue weighted by molar-refractivity contribution is 5.94. The molecule has 2 amide bonds. The summed E-state index contributed by atoms with van der Waals surface area (Å²) in [4.78, 5) is 42.1. The number of fused-ring (bicyclic) bond motifs is 3. The smallest absolute Gasteiger partial charge is 0.410 e. The molecule has 0 spiro atoms. The summed E-state index contributed by atoms with van der Waals surface area (Å²) in [6.07, 6.45) is -1.34. The van der Waals surface area contributed by atoms with Crippen molar-refractivity contribution in [2.24, 2.45) is 0 Å². The number of hydrogen-bond acceptors (Lipinski definition) is 5. The standard InChI is InChI=1S/C22H28N4O5/c1-22(2,3)31-21(30)23-9-10-25-17(14-23)18-19(28)24(11-15-7-5-4-6-8-15)12-16(27)13-26(18)20(25)29/h4-8,16,27H,9-14H2,1-3H3. The first-order chi connectivity index (χ1) is 14.6. The van der Waals surface area contributed by atoms with Gasteiger partial charge in [0.2, 0.25) is 0 Å². The first-order valence-corrected chi connectivity index (χ1v) is 10.5. The van der Waals surface area contributed by atoms with Gasteiger partial charge in [0, 0.05) is 26.2 Å². The van der Waals surface area contributed by atoms with Gasteiger partial charge in [0.1, 0.15) is 11.3 Å². The van der Waals surface area contributed by atoms with Gasteiger partial charge in [-0.05, 0) is 26.3 Å². The van der Waals surface area contributed by atoms with Crippen LogP contribution in [0.2, 0.25) is 0 Å². The Kier molecular flexibility index (Phi) is 5.38. The van der Waals surface area contributed by atoms with Crippen molar-refractivity contribution < 1.29 is 19.4 Å². The molecule has 3 heterocycles. The lowest BCUT2D eigenvalue weighted by atomic mass is 10.2. The Morgan fingerprint density at radius 1 is 1.10 bits per heavy atom. The minimum atomic E-state index is -0.863. The van der Waals surface area contributed by atoms with E-state index in [1.54, 1.807) is 25.7 Å². The Bertz CT molecular complexity index is 1050. The molecular formula is C22H28N4O5. The van der Waals surface area contributed by atoms with Crippen LogP contribution >= 0.6 is 0 Å². The summed E-state index contributed by atoms with van der Waals surface area (Å²) in [5.41, 5.74) is 0.688. The Morgan fingerprint density at radius 2 is 1.81 bits per heavy atom. The molecule has 0 aliphatic carbocycles.